The molecule has 0 radical (unpaired) electrons. The Morgan fingerprint density at radius 2 is 1.58 bits per heavy atom. The van der Waals surface area contributed by atoms with Gasteiger partial charge in [0, 0.05) is 18.0 Å². The average molecular weight is 603 g/mol. The number of hydrogen-bond acceptors (Lipinski definition) is 6. The topological polar surface area (TPSA) is 114 Å². The highest BCUT2D eigenvalue weighted by Crippen LogP contribution is 2.20. The van der Waals surface area contributed by atoms with Crippen LogP contribution in [0.25, 0.3) is 10.8 Å². The molecule has 0 saturated heterocycles. The van der Waals surface area contributed by atoms with E-state index in [0.717, 1.165) is 21.9 Å². The monoisotopic (exact) mass is 602 g/mol. The van der Waals surface area contributed by atoms with E-state index in [9.17, 15) is 14.4 Å². The summed E-state index contributed by atoms with van der Waals surface area (Å²) in [4.78, 5) is 36.6. The van der Waals surface area contributed by atoms with E-state index in [0.29, 0.717) is 48.9 Å². The van der Waals surface area contributed by atoms with E-state index in [2.05, 4.69) is 10.6 Å². The largest absolute Gasteiger partial charge is 0.494 e. The summed E-state index contributed by atoms with van der Waals surface area (Å²) in [6, 6.07) is 27.7. The van der Waals surface area contributed by atoms with Crippen LogP contribution in [0.2, 0.25) is 5.02 Å². The minimum Gasteiger partial charge on any atom is -0.494 e. The van der Waals surface area contributed by atoms with E-state index in [1.807, 2.05) is 72.8 Å². The van der Waals surface area contributed by atoms with Gasteiger partial charge in [-0.3, -0.25) is 19.7 Å². The summed E-state index contributed by atoms with van der Waals surface area (Å²) in [5.74, 6) is -0.0467. The predicted octanol–water partition coefficient (Wildman–Crippen LogP) is 5.24. The molecule has 0 spiro atoms. The third-order valence-electron chi connectivity index (χ3n) is 6.75. The lowest BCUT2D eigenvalue weighted by Gasteiger charge is -2.19. The van der Waals surface area contributed by atoms with Crippen molar-refractivity contribution in [1.82, 2.24) is 10.6 Å². The lowest BCUT2D eigenvalue weighted by Crippen LogP contribution is -2.48. The Labute approximate surface area is 256 Å². The highest BCUT2D eigenvalue weighted by molar-refractivity contribution is 6.30. The van der Waals surface area contributed by atoms with Crippen molar-refractivity contribution in [2.24, 2.45) is 0 Å². The Bertz CT molecular complexity index is 1530. The van der Waals surface area contributed by atoms with Crippen LogP contribution in [0.4, 0.5) is 0 Å². The van der Waals surface area contributed by atoms with Crippen molar-refractivity contribution in [2.45, 2.75) is 31.7 Å². The molecule has 0 aliphatic rings. The zero-order valence-corrected chi connectivity index (χ0v) is 24.5. The number of carboxylic acid groups (broad SMARTS) is 1. The quantitative estimate of drug-likeness (QED) is 0.142. The number of carbonyl (C=O) groups is 3. The van der Waals surface area contributed by atoms with Gasteiger partial charge in [-0.1, -0.05) is 66.2 Å². The molecule has 0 aromatic heterocycles. The zero-order valence-electron chi connectivity index (χ0n) is 23.8. The number of halogens is 1. The summed E-state index contributed by atoms with van der Waals surface area (Å²) in [7, 11) is 0. The lowest BCUT2D eigenvalue weighted by atomic mass is 10.0. The van der Waals surface area contributed by atoms with Crippen molar-refractivity contribution in [3.8, 4) is 11.5 Å². The Kier molecular flexibility index (Phi) is 11.9. The van der Waals surface area contributed by atoms with Crippen molar-refractivity contribution in [3.05, 3.63) is 107 Å². The number of ketones is 1. The molecule has 3 N–H and O–H groups in total. The first-order chi connectivity index (χ1) is 20.9. The number of rotatable bonds is 17. The molecule has 0 saturated carbocycles. The molecule has 0 aliphatic heterocycles. The van der Waals surface area contributed by atoms with E-state index in [4.69, 9.17) is 26.2 Å². The van der Waals surface area contributed by atoms with Gasteiger partial charge >= 0.3 is 5.97 Å². The van der Waals surface area contributed by atoms with E-state index < -0.39 is 12.0 Å². The summed E-state index contributed by atoms with van der Waals surface area (Å²) in [5, 5.41) is 17.6. The highest BCUT2D eigenvalue weighted by Gasteiger charge is 2.20. The maximum atomic E-state index is 13.2. The van der Waals surface area contributed by atoms with Crippen molar-refractivity contribution in [1.29, 1.82) is 0 Å². The predicted molar refractivity (Wildman–Crippen MR) is 167 cm³/mol. The molecular weight excluding hydrogens is 568 g/mol. The molecule has 0 unspecified atom stereocenters. The summed E-state index contributed by atoms with van der Waals surface area (Å²) < 4.78 is 11.3. The molecule has 224 valence electrons. The molecule has 1 atom stereocenters. The molecule has 4 aromatic carbocycles. The number of nitrogens with one attached hydrogen (secondary N) is 2. The Balaban J connectivity index is 1.32. The second kappa shape index (κ2) is 16.3. The van der Waals surface area contributed by atoms with Gasteiger partial charge in [0.25, 0.3) is 0 Å². The minimum absolute atomic E-state index is 0.0370. The lowest BCUT2D eigenvalue weighted by molar-refractivity contribution is -0.137. The van der Waals surface area contributed by atoms with Crippen molar-refractivity contribution in [2.75, 3.05) is 26.3 Å². The van der Waals surface area contributed by atoms with E-state index in [1.54, 1.807) is 18.2 Å². The standard InChI is InChI=1S/C34H35ClN2O6/c35-28-8-3-5-24(19-28)16-17-36-34(41)32(20-25-10-13-30(14-11-25)42-18-4-9-33(39)40)37-22-29(38)23-43-31-15-12-26-6-1-2-7-27(26)21-31/h1-3,5-8,10-15,19,21,32,37H,4,9,16-18,20,22-23H2,(H,36,41)(H,39,40)/t32-/m0/s1. The van der Waals surface area contributed by atoms with E-state index in [1.165, 1.54) is 0 Å². The van der Waals surface area contributed by atoms with Crippen LogP contribution in [0.15, 0.2) is 91.0 Å². The molecule has 4 aromatic rings. The first kappa shape index (κ1) is 31.5. The number of fused-ring (bicyclic) bond motifs is 1. The number of benzene rings is 4. The van der Waals surface area contributed by atoms with Crippen molar-refractivity contribution >= 4 is 40.0 Å². The highest BCUT2D eigenvalue weighted by atomic mass is 35.5. The molecule has 0 heterocycles. The number of Topliss-reactive ketones (excluding diaryl/α,β-unsaturated/α-hetero) is 1. The van der Waals surface area contributed by atoms with Crippen LogP contribution in [0.1, 0.15) is 24.0 Å². The number of hydrogen-bond donors (Lipinski definition) is 3. The number of amides is 1. The first-order valence-electron chi connectivity index (χ1n) is 14.2. The summed E-state index contributed by atoms with van der Waals surface area (Å²) in [6.07, 6.45) is 1.42. The molecule has 0 fully saturated rings. The normalized spacial score (nSPS) is 11.6. The molecule has 0 aliphatic carbocycles. The third-order valence-corrected chi connectivity index (χ3v) is 6.99. The molecular formula is C34H35ClN2O6. The van der Waals surface area contributed by atoms with Gasteiger partial charge in [-0.25, -0.2) is 0 Å². The van der Waals surface area contributed by atoms with Gasteiger partial charge in [-0.2, -0.15) is 0 Å². The average Bonchev–Trinajstić information content (AvgIpc) is 3.00. The molecule has 9 heteroatoms. The van der Waals surface area contributed by atoms with Gasteiger partial charge in [-0.15, -0.1) is 0 Å². The van der Waals surface area contributed by atoms with Crippen LogP contribution in [0.3, 0.4) is 0 Å². The van der Waals surface area contributed by atoms with Gasteiger partial charge in [0.1, 0.15) is 18.1 Å². The van der Waals surface area contributed by atoms with Crippen LogP contribution in [-0.4, -0.2) is 55.1 Å². The fourth-order valence-electron chi connectivity index (χ4n) is 4.48. The SMILES string of the molecule is O=C(O)CCCOc1ccc(C[C@H](NCC(=O)COc2ccc3ccccc3c2)C(=O)NCCc2cccc(Cl)c2)cc1. The van der Waals surface area contributed by atoms with Crippen molar-refractivity contribution < 1.29 is 29.0 Å². The second-order valence-electron chi connectivity index (χ2n) is 10.1. The third kappa shape index (κ3) is 10.7. The van der Waals surface area contributed by atoms with Crippen LogP contribution < -0.4 is 20.1 Å². The number of ether oxygens (including phenoxy) is 2. The second-order valence-corrected chi connectivity index (χ2v) is 10.6. The fourth-order valence-corrected chi connectivity index (χ4v) is 4.70. The fraction of sp³-hybridized carbons (Fsp3) is 0.265. The maximum absolute atomic E-state index is 13.2. The van der Waals surface area contributed by atoms with Crippen LogP contribution >= 0.6 is 11.6 Å². The Morgan fingerprint density at radius 3 is 2.35 bits per heavy atom. The van der Waals surface area contributed by atoms with Crippen LogP contribution in [0.5, 0.6) is 11.5 Å². The smallest absolute Gasteiger partial charge is 0.303 e. The molecule has 43 heavy (non-hydrogen) atoms. The van der Waals surface area contributed by atoms with E-state index >= 15 is 0 Å². The van der Waals surface area contributed by atoms with Gasteiger partial charge in [0.05, 0.1) is 19.2 Å². The maximum Gasteiger partial charge on any atom is 0.303 e. The number of carboxylic acids is 1. The van der Waals surface area contributed by atoms with Crippen LogP contribution in [0, 0.1) is 0 Å². The van der Waals surface area contributed by atoms with Crippen LogP contribution in [-0.2, 0) is 27.2 Å². The molecule has 8 nitrogen and oxygen atoms in total. The van der Waals surface area contributed by atoms with Gasteiger partial charge in [0.15, 0.2) is 5.78 Å². The Hall–Kier alpha value is -4.40. The zero-order chi connectivity index (χ0) is 30.4. The Morgan fingerprint density at radius 1 is 0.814 bits per heavy atom. The van der Waals surface area contributed by atoms with Gasteiger partial charge in [0.2, 0.25) is 5.91 Å². The molecule has 4 rings (SSSR count). The van der Waals surface area contributed by atoms with Gasteiger partial charge in [-0.05, 0) is 77.6 Å². The summed E-state index contributed by atoms with van der Waals surface area (Å²) in [6.45, 7) is 0.556. The first-order valence-corrected chi connectivity index (χ1v) is 14.6. The number of carbonyl (C=O) groups excluding carboxylic acids is 2. The minimum atomic E-state index is -0.859. The summed E-state index contributed by atoms with van der Waals surface area (Å²) in [5.41, 5.74) is 1.89. The van der Waals surface area contributed by atoms with Crippen molar-refractivity contribution in [3.63, 3.8) is 0 Å². The number of aliphatic carboxylic acids is 1. The van der Waals surface area contributed by atoms with E-state index in [-0.39, 0.29) is 31.3 Å². The summed E-state index contributed by atoms with van der Waals surface area (Å²) >= 11 is 6.08. The van der Waals surface area contributed by atoms with Gasteiger partial charge < -0.3 is 19.9 Å². The molecule has 0 bridgehead atoms. The molecule has 1 amide bonds.